The molecule has 0 aromatic heterocycles. The van der Waals surface area contributed by atoms with Gasteiger partial charge in [-0.25, -0.2) is 0 Å². The maximum absolute atomic E-state index is 12.6. The van der Waals surface area contributed by atoms with Crippen molar-refractivity contribution in [2.75, 3.05) is 53.4 Å². The summed E-state index contributed by atoms with van der Waals surface area (Å²) in [6.45, 7) is 12.1. The van der Waals surface area contributed by atoms with Crippen LogP contribution < -0.4 is 10.6 Å². The largest absolute Gasteiger partial charge is 0.357 e. The SMILES string of the molecule is CCNC(=NCC1(C(=O)N(C)C)CCCC1)NCCCN(CC)CC.I. The lowest BCUT2D eigenvalue weighted by Gasteiger charge is -2.29. The molecular formula is C19H40IN5O. The number of guanidine groups is 1. The molecule has 26 heavy (non-hydrogen) atoms. The average molecular weight is 481 g/mol. The van der Waals surface area contributed by atoms with E-state index in [1.165, 1.54) is 0 Å². The second kappa shape index (κ2) is 13.6. The van der Waals surface area contributed by atoms with Gasteiger partial charge >= 0.3 is 0 Å². The first-order valence-corrected chi connectivity index (χ1v) is 9.95. The van der Waals surface area contributed by atoms with E-state index in [4.69, 9.17) is 4.99 Å². The second-order valence-corrected chi connectivity index (χ2v) is 7.19. The van der Waals surface area contributed by atoms with E-state index in [1.54, 1.807) is 4.90 Å². The van der Waals surface area contributed by atoms with Crippen LogP contribution in [0.25, 0.3) is 0 Å². The molecule has 0 aromatic carbocycles. The molecule has 1 saturated carbocycles. The quantitative estimate of drug-likeness (QED) is 0.218. The Kier molecular flexibility index (Phi) is 13.3. The van der Waals surface area contributed by atoms with E-state index < -0.39 is 0 Å². The van der Waals surface area contributed by atoms with Gasteiger partial charge in [0.2, 0.25) is 5.91 Å². The average Bonchev–Trinajstić information content (AvgIpc) is 3.09. The summed E-state index contributed by atoms with van der Waals surface area (Å²) >= 11 is 0. The Morgan fingerprint density at radius 2 is 1.69 bits per heavy atom. The molecular weight excluding hydrogens is 441 g/mol. The Morgan fingerprint density at radius 3 is 2.19 bits per heavy atom. The van der Waals surface area contributed by atoms with Gasteiger partial charge in [-0.3, -0.25) is 9.79 Å². The first kappa shape index (κ1) is 25.4. The van der Waals surface area contributed by atoms with Crippen molar-refractivity contribution in [3.63, 3.8) is 0 Å². The van der Waals surface area contributed by atoms with Crippen LogP contribution in [0.1, 0.15) is 52.9 Å². The molecule has 0 bridgehead atoms. The van der Waals surface area contributed by atoms with Crippen molar-refractivity contribution in [3.05, 3.63) is 0 Å². The number of rotatable bonds is 10. The van der Waals surface area contributed by atoms with Crippen molar-refractivity contribution in [2.45, 2.75) is 52.9 Å². The predicted octanol–water partition coefficient (Wildman–Crippen LogP) is 2.54. The monoisotopic (exact) mass is 481 g/mol. The van der Waals surface area contributed by atoms with Crippen LogP contribution >= 0.6 is 24.0 Å². The molecule has 0 aliphatic heterocycles. The summed E-state index contributed by atoms with van der Waals surface area (Å²) in [5.41, 5.74) is -0.299. The minimum atomic E-state index is -0.299. The fourth-order valence-corrected chi connectivity index (χ4v) is 3.59. The molecule has 7 heteroatoms. The molecule has 0 unspecified atom stereocenters. The second-order valence-electron chi connectivity index (χ2n) is 7.19. The lowest BCUT2D eigenvalue weighted by atomic mass is 9.85. The van der Waals surface area contributed by atoms with Crippen LogP contribution in [-0.4, -0.2) is 75.0 Å². The number of nitrogens with zero attached hydrogens (tertiary/aromatic N) is 3. The molecule has 1 amide bonds. The predicted molar refractivity (Wildman–Crippen MR) is 121 cm³/mol. The van der Waals surface area contributed by atoms with Gasteiger partial charge in [-0.2, -0.15) is 0 Å². The summed E-state index contributed by atoms with van der Waals surface area (Å²) in [6.07, 6.45) is 5.25. The number of hydrogen-bond donors (Lipinski definition) is 2. The van der Waals surface area contributed by atoms with Crippen LogP contribution in [0.15, 0.2) is 4.99 Å². The van der Waals surface area contributed by atoms with Crippen LogP contribution in [0.2, 0.25) is 0 Å². The topological polar surface area (TPSA) is 60.0 Å². The Bertz CT molecular complexity index is 418. The number of halogens is 1. The number of carbonyl (C=O) groups excluding carboxylic acids is 1. The third-order valence-corrected chi connectivity index (χ3v) is 5.14. The number of hydrogen-bond acceptors (Lipinski definition) is 3. The molecule has 0 heterocycles. The number of carbonyl (C=O) groups is 1. The van der Waals surface area contributed by atoms with Crippen molar-refractivity contribution in [1.29, 1.82) is 0 Å². The molecule has 0 aromatic rings. The molecule has 1 rings (SSSR count). The van der Waals surface area contributed by atoms with Crippen molar-refractivity contribution in [3.8, 4) is 0 Å². The summed E-state index contributed by atoms with van der Waals surface area (Å²) in [5.74, 6) is 1.06. The highest BCUT2D eigenvalue weighted by atomic mass is 127. The smallest absolute Gasteiger partial charge is 0.230 e. The molecule has 1 fully saturated rings. The maximum Gasteiger partial charge on any atom is 0.230 e. The highest BCUT2D eigenvalue weighted by molar-refractivity contribution is 14.0. The molecule has 154 valence electrons. The fourth-order valence-electron chi connectivity index (χ4n) is 3.59. The lowest BCUT2D eigenvalue weighted by molar-refractivity contribution is -0.138. The van der Waals surface area contributed by atoms with E-state index in [9.17, 15) is 4.79 Å². The summed E-state index contributed by atoms with van der Waals surface area (Å²) in [4.78, 5) is 21.6. The van der Waals surface area contributed by atoms with Crippen LogP contribution in [0.4, 0.5) is 0 Å². The Morgan fingerprint density at radius 1 is 1.08 bits per heavy atom. The third kappa shape index (κ3) is 7.98. The van der Waals surface area contributed by atoms with E-state index in [0.717, 1.165) is 70.8 Å². The van der Waals surface area contributed by atoms with Crippen LogP contribution in [0.5, 0.6) is 0 Å². The normalized spacial score (nSPS) is 16.3. The molecule has 0 spiro atoms. The highest BCUT2D eigenvalue weighted by Crippen LogP contribution is 2.39. The zero-order valence-corrected chi connectivity index (χ0v) is 19.8. The van der Waals surface area contributed by atoms with Crippen molar-refractivity contribution in [2.24, 2.45) is 10.4 Å². The van der Waals surface area contributed by atoms with Gasteiger partial charge in [0.15, 0.2) is 5.96 Å². The van der Waals surface area contributed by atoms with Gasteiger partial charge in [0, 0.05) is 27.2 Å². The first-order valence-electron chi connectivity index (χ1n) is 9.95. The van der Waals surface area contributed by atoms with E-state index in [1.807, 2.05) is 14.1 Å². The minimum Gasteiger partial charge on any atom is -0.357 e. The Hall–Kier alpha value is -0.570. The van der Waals surface area contributed by atoms with E-state index in [-0.39, 0.29) is 35.3 Å². The standard InChI is InChI=1S/C19H39N5O.HI/c1-6-20-18(21-14-11-15-24(7-2)8-3)22-16-19(12-9-10-13-19)17(25)23(4)5;/h6-16H2,1-5H3,(H2,20,21,22);1H. The molecule has 1 aliphatic carbocycles. The highest BCUT2D eigenvalue weighted by Gasteiger charge is 2.41. The zero-order chi connectivity index (χ0) is 18.7. The first-order chi connectivity index (χ1) is 12.0. The Labute approximate surface area is 177 Å². The van der Waals surface area contributed by atoms with E-state index in [0.29, 0.717) is 6.54 Å². The van der Waals surface area contributed by atoms with Crippen molar-refractivity contribution >= 4 is 35.8 Å². The van der Waals surface area contributed by atoms with Gasteiger partial charge in [0.05, 0.1) is 12.0 Å². The van der Waals surface area contributed by atoms with Crippen LogP contribution in [0, 0.1) is 5.41 Å². The van der Waals surface area contributed by atoms with Gasteiger partial charge < -0.3 is 20.4 Å². The summed E-state index contributed by atoms with van der Waals surface area (Å²) in [6, 6.07) is 0. The van der Waals surface area contributed by atoms with Crippen LogP contribution in [-0.2, 0) is 4.79 Å². The third-order valence-electron chi connectivity index (χ3n) is 5.14. The van der Waals surface area contributed by atoms with Gasteiger partial charge in [-0.1, -0.05) is 26.7 Å². The fraction of sp³-hybridized carbons (Fsp3) is 0.895. The lowest BCUT2D eigenvalue weighted by Crippen LogP contribution is -2.43. The Balaban J connectivity index is 0.00000625. The molecule has 0 radical (unpaired) electrons. The molecule has 0 saturated heterocycles. The summed E-state index contributed by atoms with van der Waals surface area (Å²) in [5, 5.41) is 6.73. The van der Waals surface area contributed by atoms with E-state index in [2.05, 4.69) is 36.3 Å². The minimum absolute atomic E-state index is 0. The molecule has 0 atom stereocenters. The molecule has 2 N–H and O–H groups in total. The van der Waals surface area contributed by atoms with Gasteiger partial charge in [0.1, 0.15) is 0 Å². The van der Waals surface area contributed by atoms with Crippen molar-refractivity contribution in [1.82, 2.24) is 20.4 Å². The number of aliphatic imine (C=N–C) groups is 1. The van der Waals surface area contributed by atoms with E-state index >= 15 is 0 Å². The van der Waals surface area contributed by atoms with Gasteiger partial charge in [-0.05, 0) is 45.8 Å². The maximum atomic E-state index is 12.6. The summed E-state index contributed by atoms with van der Waals surface area (Å²) in [7, 11) is 3.70. The molecule has 1 aliphatic rings. The zero-order valence-electron chi connectivity index (χ0n) is 17.4. The van der Waals surface area contributed by atoms with Gasteiger partial charge in [-0.15, -0.1) is 24.0 Å². The number of nitrogens with one attached hydrogen (secondary N) is 2. The van der Waals surface area contributed by atoms with Crippen molar-refractivity contribution < 1.29 is 4.79 Å². The molecule has 6 nitrogen and oxygen atoms in total. The summed E-state index contributed by atoms with van der Waals surface area (Å²) < 4.78 is 0. The van der Waals surface area contributed by atoms with Gasteiger partial charge in [0.25, 0.3) is 0 Å². The number of amides is 1. The van der Waals surface area contributed by atoms with Crippen LogP contribution in [0.3, 0.4) is 0 Å².